The van der Waals surface area contributed by atoms with E-state index < -0.39 is 23.6 Å². The van der Waals surface area contributed by atoms with E-state index in [1.807, 2.05) is 35.4 Å². The van der Waals surface area contributed by atoms with Gasteiger partial charge in [-0.3, -0.25) is 29.4 Å². The smallest absolute Gasteiger partial charge is 0.294 e. The summed E-state index contributed by atoms with van der Waals surface area (Å²) < 4.78 is 1.88. The first-order valence-electron chi connectivity index (χ1n) is 10.4. The molecule has 10 nitrogen and oxygen atoms in total. The molecule has 0 atom stereocenters. The number of hydrogen-bond acceptors (Lipinski definition) is 7. The lowest BCUT2D eigenvalue weighted by atomic mass is 10.2. The maximum atomic E-state index is 12.5. The fourth-order valence-corrected chi connectivity index (χ4v) is 5.12. The molecule has 2 aromatic rings. The van der Waals surface area contributed by atoms with Gasteiger partial charge in [0.1, 0.15) is 12.2 Å². The maximum absolute atomic E-state index is 12.5. The van der Waals surface area contributed by atoms with Gasteiger partial charge in [0, 0.05) is 30.5 Å². The number of carbonyl (C=O) groups is 3. The van der Waals surface area contributed by atoms with Crippen LogP contribution in [0.4, 0.5) is 16.2 Å². The summed E-state index contributed by atoms with van der Waals surface area (Å²) in [6.45, 7) is 4.84. The third-order valence-corrected chi connectivity index (χ3v) is 6.71. The lowest BCUT2D eigenvalue weighted by molar-refractivity contribution is -0.384. The summed E-state index contributed by atoms with van der Waals surface area (Å²) in [5.41, 5.74) is 8.71. The number of amides is 3. The molecule has 2 N–H and O–H groups in total. The largest absolute Gasteiger partial charge is 0.368 e. The summed E-state index contributed by atoms with van der Waals surface area (Å²) in [6, 6.07) is 7.05. The number of nitrogens with zero attached hydrogens (tertiary/aromatic N) is 4. The summed E-state index contributed by atoms with van der Waals surface area (Å²) >= 11 is 0.747. The third-order valence-electron chi connectivity index (χ3n) is 5.81. The number of primary amides is 1. The van der Waals surface area contributed by atoms with Crippen molar-refractivity contribution in [3.63, 3.8) is 0 Å². The molecule has 0 spiro atoms. The van der Waals surface area contributed by atoms with Gasteiger partial charge in [0.15, 0.2) is 0 Å². The molecule has 0 bridgehead atoms. The van der Waals surface area contributed by atoms with Crippen molar-refractivity contribution in [3.05, 3.63) is 56.2 Å². The number of imide groups is 1. The van der Waals surface area contributed by atoms with Gasteiger partial charge in [0.2, 0.25) is 5.91 Å². The summed E-state index contributed by atoms with van der Waals surface area (Å²) in [7, 11) is 0. The highest BCUT2D eigenvalue weighted by molar-refractivity contribution is 8.18. The average molecular weight is 470 g/mol. The van der Waals surface area contributed by atoms with E-state index in [1.54, 1.807) is 18.2 Å². The lowest BCUT2D eigenvalue weighted by Gasteiger charge is -2.19. The monoisotopic (exact) mass is 469 g/mol. The number of benzene rings is 1. The highest BCUT2D eigenvalue weighted by atomic mass is 32.2. The first-order chi connectivity index (χ1) is 15.7. The van der Waals surface area contributed by atoms with Crippen LogP contribution < -0.4 is 10.6 Å². The van der Waals surface area contributed by atoms with Crippen LogP contribution in [0, 0.1) is 24.0 Å². The maximum Gasteiger partial charge on any atom is 0.294 e. The van der Waals surface area contributed by atoms with Crippen LogP contribution in [0.15, 0.2) is 29.2 Å². The molecule has 0 saturated carbocycles. The Bertz CT molecular complexity index is 1210. The predicted molar refractivity (Wildman–Crippen MR) is 125 cm³/mol. The Morgan fingerprint density at radius 1 is 1.21 bits per heavy atom. The average Bonchev–Trinajstić information content (AvgIpc) is 3.44. The van der Waals surface area contributed by atoms with Crippen LogP contribution in [0.2, 0.25) is 0 Å². The minimum Gasteiger partial charge on any atom is -0.368 e. The van der Waals surface area contributed by atoms with Gasteiger partial charge < -0.3 is 15.2 Å². The molecular weight excluding hydrogens is 446 g/mol. The third kappa shape index (κ3) is 4.23. The van der Waals surface area contributed by atoms with Gasteiger partial charge in [-0.1, -0.05) is 0 Å². The number of nitro benzene ring substituents is 1. The van der Waals surface area contributed by atoms with E-state index in [0.29, 0.717) is 16.9 Å². The normalized spacial score (nSPS) is 17.5. The van der Waals surface area contributed by atoms with Gasteiger partial charge in [0.25, 0.3) is 16.8 Å². The molecule has 0 aliphatic carbocycles. The van der Waals surface area contributed by atoms with Crippen molar-refractivity contribution in [2.24, 2.45) is 5.73 Å². The zero-order valence-corrected chi connectivity index (χ0v) is 19.1. The summed E-state index contributed by atoms with van der Waals surface area (Å²) in [6.07, 6.45) is 3.63. The molecule has 2 fully saturated rings. The number of aromatic nitrogens is 1. The minimum absolute atomic E-state index is 0.0519. The van der Waals surface area contributed by atoms with Crippen molar-refractivity contribution in [2.45, 2.75) is 26.7 Å². The SMILES string of the molecule is Cc1cc(/C=C2\SC(=O)N(CC(N)=O)C2=O)c(C)n1-c1ccc(N2CCCC2)c([N+](=O)[O-])c1. The number of rotatable bonds is 6. The molecule has 2 aliphatic heterocycles. The summed E-state index contributed by atoms with van der Waals surface area (Å²) in [4.78, 5) is 50.2. The fraction of sp³-hybridized carbons (Fsp3) is 0.318. The van der Waals surface area contributed by atoms with Crippen molar-refractivity contribution < 1.29 is 19.3 Å². The second-order valence-corrected chi connectivity index (χ2v) is 9.01. The Labute approximate surface area is 194 Å². The molecule has 1 aromatic carbocycles. The van der Waals surface area contributed by atoms with Gasteiger partial charge in [0.05, 0.1) is 15.5 Å². The van der Waals surface area contributed by atoms with Gasteiger partial charge in [-0.25, -0.2) is 0 Å². The van der Waals surface area contributed by atoms with Crippen molar-refractivity contribution in [2.75, 3.05) is 24.5 Å². The van der Waals surface area contributed by atoms with Crippen LogP contribution in [0.3, 0.4) is 0 Å². The Balaban J connectivity index is 1.70. The molecule has 3 heterocycles. The van der Waals surface area contributed by atoms with Crippen LogP contribution in [-0.4, -0.2) is 51.1 Å². The number of hydrogen-bond donors (Lipinski definition) is 1. The molecule has 1 aromatic heterocycles. The van der Waals surface area contributed by atoms with Crippen molar-refractivity contribution in [1.29, 1.82) is 0 Å². The highest BCUT2D eigenvalue weighted by Gasteiger charge is 2.36. The molecule has 33 heavy (non-hydrogen) atoms. The van der Waals surface area contributed by atoms with Gasteiger partial charge in [-0.15, -0.1) is 0 Å². The van der Waals surface area contributed by atoms with Gasteiger partial charge in [-0.05, 0) is 68.3 Å². The van der Waals surface area contributed by atoms with Crippen molar-refractivity contribution in [3.8, 4) is 5.69 Å². The van der Waals surface area contributed by atoms with Crippen LogP contribution in [0.5, 0.6) is 0 Å². The molecule has 11 heteroatoms. The number of nitrogens with two attached hydrogens (primary N) is 1. The zero-order valence-electron chi connectivity index (χ0n) is 18.2. The Kier molecular flexibility index (Phi) is 5.98. The lowest BCUT2D eigenvalue weighted by Crippen LogP contribution is -2.36. The molecule has 2 aliphatic rings. The minimum atomic E-state index is -0.768. The van der Waals surface area contributed by atoms with E-state index in [9.17, 15) is 24.5 Å². The topological polar surface area (TPSA) is 132 Å². The van der Waals surface area contributed by atoms with Crippen molar-refractivity contribution in [1.82, 2.24) is 9.47 Å². The predicted octanol–water partition coefficient (Wildman–Crippen LogP) is 3.12. The number of aryl methyl sites for hydroxylation is 1. The Hall–Kier alpha value is -3.60. The van der Waals surface area contributed by atoms with Gasteiger partial charge >= 0.3 is 0 Å². The second-order valence-electron chi connectivity index (χ2n) is 8.02. The standard InChI is InChI=1S/C22H23N5O5S/c1-13-9-15(10-19-21(29)25(12-20(23)28)22(30)33-19)14(2)26(13)16-5-6-17(18(11-16)27(31)32)24-7-3-4-8-24/h5-6,9-11H,3-4,7-8,12H2,1-2H3,(H2,23,28)/b19-10-. The van der Waals surface area contributed by atoms with Crippen molar-refractivity contribution >= 4 is 46.3 Å². The number of thioether (sulfide) groups is 1. The molecule has 4 rings (SSSR count). The molecule has 0 unspecified atom stereocenters. The molecular formula is C22H23N5O5S. The Morgan fingerprint density at radius 2 is 1.91 bits per heavy atom. The van der Waals surface area contributed by atoms with Crippen LogP contribution in [0.25, 0.3) is 11.8 Å². The number of nitro groups is 1. The molecule has 172 valence electrons. The summed E-state index contributed by atoms with van der Waals surface area (Å²) in [5, 5.41) is 11.2. The summed E-state index contributed by atoms with van der Waals surface area (Å²) in [5.74, 6) is -1.34. The highest BCUT2D eigenvalue weighted by Crippen LogP contribution is 2.36. The fourth-order valence-electron chi connectivity index (χ4n) is 4.29. The second kappa shape index (κ2) is 8.74. The van der Waals surface area contributed by atoms with Crippen LogP contribution in [0.1, 0.15) is 29.8 Å². The molecule has 3 amide bonds. The van der Waals surface area contributed by atoms with Crippen LogP contribution in [-0.2, 0) is 9.59 Å². The Morgan fingerprint density at radius 3 is 2.55 bits per heavy atom. The van der Waals surface area contributed by atoms with E-state index >= 15 is 0 Å². The van der Waals surface area contributed by atoms with E-state index in [4.69, 9.17) is 5.73 Å². The first kappa shape index (κ1) is 22.6. The first-order valence-corrected chi connectivity index (χ1v) is 11.3. The van der Waals surface area contributed by atoms with E-state index in [-0.39, 0.29) is 15.5 Å². The van der Waals surface area contributed by atoms with E-state index in [0.717, 1.165) is 54.0 Å². The van der Waals surface area contributed by atoms with E-state index in [2.05, 4.69) is 0 Å². The molecule has 2 saturated heterocycles. The number of carbonyl (C=O) groups excluding carboxylic acids is 3. The van der Waals surface area contributed by atoms with E-state index in [1.165, 1.54) is 0 Å². The quantitative estimate of drug-likeness (QED) is 0.390. The zero-order chi connectivity index (χ0) is 23.9. The van der Waals surface area contributed by atoms with Gasteiger partial charge in [-0.2, -0.15) is 0 Å². The van der Waals surface area contributed by atoms with Crippen LogP contribution >= 0.6 is 11.8 Å². The number of anilines is 1. The molecule has 0 radical (unpaired) electrons.